The maximum Gasteiger partial charge on any atom is 0.306 e. The summed E-state index contributed by atoms with van der Waals surface area (Å²) >= 11 is 5.96. The van der Waals surface area contributed by atoms with Crippen molar-refractivity contribution in [1.29, 1.82) is 0 Å². The number of hydrogen-bond acceptors (Lipinski definition) is 3. The molecule has 140 valence electrons. The number of para-hydroxylation sites is 1. The second kappa shape index (κ2) is 8.73. The Bertz CT molecular complexity index is 951. The average molecular weight is 385 g/mol. The second-order valence-electron chi connectivity index (χ2n) is 6.36. The maximum absolute atomic E-state index is 12.0. The molecule has 1 amide bonds. The highest BCUT2D eigenvalue weighted by molar-refractivity contribution is 6.30. The van der Waals surface area contributed by atoms with Crippen LogP contribution >= 0.6 is 11.6 Å². The van der Waals surface area contributed by atoms with E-state index in [1.165, 1.54) is 0 Å². The van der Waals surface area contributed by atoms with Crippen molar-refractivity contribution < 1.29 is 14.3 Å². The number of halogens is 1. The molecular formula is C21H21ClN2O3. The van der Waals surface area contributed by atoms with Crippen LogP contribution in [0.2, 0.25) is 5.02 Å². The van der Waals surface area contributed by atoms with E-state index in [0.717, 1.165) is 22.0 Å². The molecule has 1 heterocycles. The van der Waals surface area contributed by atoms with Crippen molar-refractivity contribution in [3.05, 3.63) is 70.9 Å². The molecule has 0 saturated heterocycles. The van der Waals surface area contributed by atoms with Gasteiger partial charge in [-0.15, -0.1) is 0 Å². The smallest absolute Gasteiger partial charge is 0.306 e. The van der Waals surface area contributed by atoms with E-state index in [1.54, 1.807) is 12.1 Å². The molecule has 0 unspecified atom stereocenters. The molecule has 1 aromatic heterocycles. The van der Waals surface area contributed by atoms with Gasteiger partial charge in [0, 0.05) is 28.5 Å². The Morgan fingerprint density at radius 3 is 2.81 bits per heavy atom. The number of fused-ring (bicyclic) bond motifs is 1. The van der Waals surface area contributed by atoms with Gasteiger partial charge in [0.15, 0.2) is 6.61 Å². The first-order chi connectivity index (χ1) is 13.0. The minimum Gasteiger partial charge on any atom is -0.456 e. The van der Waals surface area contributed by atoms with Gasteiger partial charge in [-0.05, 0) is 42.7 Å². The third kappa shape index (κ3) is 5.11. The Hall–Kier alpha value is -2.79. The molecule has 3 aromatic rings. The lowest BCUT2D eigenvalue weighted by Gasteiger charge is -2.14. The van der Waals surface area contributed by atoms with Gasteiger partial charge in [-0.1, -0.05) is 41.9 Å². The van der Waals surface area contributed by atoms with Crippen molar-refractivity contribution in [3.63, 3.8) is 0 Å². The van der Waals surface area contributed by atoms with Crippen LogP contribution in [0.25, 0.3) is 10.9 Å². The Balaban J connectivity index is 1.44. The zero-order valence-corrected chi connectivity index (χ0v) is 15.8. The number of carbonyl (C=O) groups excluding carboxylic acids is 2. The van der Waals surface area contributed by atoms with Gasteiger partial charge in [-0.2, -0.15) is 0 Å². The van der Waals surface area contributed by atoms with E-state index in [4.69, 9.17) is 16.3 Å². The van der Waals surface area contributed by atoms with Crippen LogP contribution in [-0.2, 0) is 20.7 Å². The quantitative estimate of drug-likeness (QED) is 0.600. The van der Waals surface area contributed by atoms with Crippen LogP contribution in [-0.4, -0.2) is 23.5 Å². The van der Waals surface area contributed by atoms with Crippen LogP contribution in [0.15, 0.2) is 54.7 Å². The predicted octanol–water partition coefficient (Wildman–Crippen LogP) is 4.17. The molecule has 0 radical (unpaired) electrons. The monoisotopic (exact) mass is 384 g/mol. The minimum absolute atomic E-state index is 0.221. The van der Waals surface area contributed by atoms with Crippen LogP contribution in [0.4, 0.5) is 0 Å². The zero-order chi connectivity index (χ0) is 19.2. The lowest BCUT2D eigenvalue weighted by Crippen LogP contribution is -2.31. The summed E-state index contributed by atoms with van der Waals surface area (Å²) < 4.78 is 5.09. The fraction of sp³-hybridized carbons (Fsp3) is 0.238. The highest BCUT2D eigenvalue weighted by Gasteiger charge is 2.13. The summed E-state index contributed by atoms with van der Waals surface area (Å²) in [6.45, 7) is 1.56. The van der Waals surface area contributed by atoms with E-state index in [9.17, 15) is 9.59 Å². The van der Waals surface area contributed by atoms with Gasteiger partial charge in [-0.3, -0.25) is 9.59 Å². The summed E-state index contributed by atoms with van der Waals surface area (Å²) in [5.41, 5.74) is 2.98. The number of aryl methyl sites for hydroxylation is 1. The summed E-state index contributed by atoms with van der Waals surface area (Å²) in [5, 5.41) is 4.50. The molecule has 0 spiro atoms. The molecule has 3 rings (SSSR count). The summed E-state index contributed by atoms with van der Waals surface area (Å²) in [7, 11) is 0. The molecule has 0 aliphatic rings. The SMILES string of the molecule is C[C@@H](NC(=O)COC(=O)CCc1c[nH]c2ccccc12)c1cccc(Cl)c1. The number of aromatic nitrogens is 1. The van der Waals surface area contributed by atoms with E-state index in [2.05, 4.69) is 10.3 Å². The minimum atomic E-state index is -0.397. The van der Waals surface area contributed by atoms with Crippen LogP contribution in [0.1, 0.15) is 30.5 Å². The number of benzene rings is 2. The third-order valence-corrected chi connectivity index (χ3v) is 4.60. The molecule has 0 aliphatic carbocycles. The molecule has 0 bridgehead atoms. The normalized spacial score (nSPS) is 11.9. The van der Waals surface area contributed by atoms with Crippen LogP contribution in [0, 0.1) is 0 Å². The number of hydrogen-bond donors (Lipinski definition) is 2. The van der Waals surface area contributed by atoms with Gasteiger partial charge in [0.05, 0.1) is 6.04 Å². The van der Waals surface area contributed by atoms with E-state index >= 15 is 0 Å². The summed E-state index contributed by atoms with van der Waals surface area (Å²) in [4.78, 5) is 27.1. The van der Waals surface area contributed by atoms with Gasteiger partial charge < -0.3 is 15.0 Å². The van der Waals surface area contributed by atoms with Crippen molar-refractivity contribution >= 4 is 34.4 Å². The first-order valence-corrected chi connectivity index (χ1v) is 9.16. The Labute approximate surface area is 162 Å². The number of ether oxygens (including phenoxy) is 1. The van der Waals surface area contributed by atoms with Gasteiger partial charge >= 0.3 is 5.97 Å². The molecule has 0 saturated carbocycles. The molecule has 1 atom stereocenters. The highest BCUT2D eigenvalue weighted by Crippen LogP contribution is 2.19. The Kier molecular flexibility index (Phi) is 6.14. The molecule has 27 heavy (non-hydrogen) atoms. The number of nitrogens with one attached hydrogen (secondary N) is 2. The van der Waals surface area contributed by atoms with Crippen molar-refractivity contribution in [2.75, 3.05) is 6.61 Å². The van der Waals surface area contributed by atoms with E-state index in [0.29, 0.717) is 11.4 Å². The molecule has 2 N–H and O–H groups in total. The van der Waals surface area contributed by atoms with Crippen LogP contribution in [0.5, 0.6) is 0 Å². The fourth-order valence-corrected chi connectivity index (χ4v) is 3.13. The Morgan fingerprint density at radius 2 is 2.00 bits per heavy atom. The van der Waals surface area contributed by atoms with E-state index in [-0.39, 0.29) is 25.0 Å². The molecular weight excluding hydrogens is 364 g/mol. The molecule has 0 aliphatic heterocycles. The first-order valence-electron chi connectivity index (χ1n) is 8.78. The van der Waals surface area contributed by atoms with Gasteiger partial charge in [0.25, 0.3) is 5.91 Å². The molecule has 5 nitrogen and oxygen atoms in total. The predicted molar refractivity (Wildman–Crippen MR) is 106 cm³/mol. The Morgan fingerprint density at radius 1 is 1.19 bits per heavy atom. The second-order valence-corrected chi connectivity index (χ2v) is 6.80. The number of H-pyrrole nitrogens is 1. The number of esters is 1. The van der Waals surface area contributed by atoms with Crippen molar-refractivity contribution in [3.8, 4) is 0 Å². The number of rotatable bonds is 7. The number of carbonyl (C=O) groups is 2. The van der Waals surface area contributed by atoms with Crippen LogP contribution < -0.4 is 5.32 Å². The lowest BCUT2D eigenvalue weighted by atomic mass is 10.1. The maximum atomic E-state index is 12.0. The lowest BCUT2D eigenvalue weighted by molar-refractivity contribution is -0.148. The fourth-order valence-electron chi connectivity index (χ4n) is 2.94. The average Bonchev–Trinajstić information content (AvgIpc) is 3.08. The van der Waals surface area contributed by atoms with Crippen molar-refractivity contribution in [1.82, 2.24) is 10.3 Å². The topological polar surface area (TPSA) is 71.2 Å². The highest BCUT2D eigenvalue weighted by atomic mass is 35.5. The largest absolute Gasteiger partial charge is 0.456 e. The van der Waals surface area contributed by atoms with Gasteiger partial charge in [0.2, 0.25) is 0 Å². The van der Waals surface area contributed by atoms with Crippen LogP contribution in [0.3, 0.4) is 0 Å². The van der Waals surface area contributed by atoms with Gasteiger partial charge in [-0.25, -0.2) is 0 Å². The first kappa shape index (κ1) is 19.0. The van der Waals surface area contributed by atoms with E-state index < -0.39 is 5.97 Å². The summed E-state index contributed by atoms with van der Waals surface area (Å²) in [6, 6.07) is 15.0. The standard InChI is InChI=1S/C21H21ClN2O3/c1-14(15-5-4-6-17(22)11-15)24-20(25)13-27-21(26)10-9-16-12-23-19-8-3-2-7-18(16)19/h2-8,11-12,14,23H,9-10,13H2,1H3,(H,24,25)/t14-/m1/s1. The van der Waals surface area contributed by atoms with E-state index in [1.807, 2.05) is 49.5 Å². The van der Waals surface area contributed by atoms with Gasteiger partial charge in [0.1, 0.15) is 0 Å². The third-order valence-electron chi connectivity index (χ3n) is 4.36. The summed E-state index contributed by atoms with van der Waals surface area (Å²) in [6.07, 6.45) is 2.68. The number of aromatic amines is 1. The number of amides is 1. The molecule has 6 heteroatoms. The molecule has 2 aromatic carbocycles. The molecule has 0 fully saturated rings. The summed E-state index contributed by atoms with van der Waals surface area (Å²) in [5.74, 6) is -0.742. The van der Waals surface area contributed by atoms with Crippen molar-refractivity contribution in [2.24, 2.45) is 0 Å². The zero-order valence-electron chi connectivity index (χ0n) is 15.0. The van der Waals surface area contributed by atoms with Crippen molar-refractivity contribution in [2.45, 2.75) is 25.8 Å².